The van der Waals surface area contributed by atoms with Gasteiger partial charge >= 0.3 is 6.09 Å². The molecule has 1 aliphatic rings. The van der Waals surface area contributed by atoms with Crippen LogP contribution >= 0.6 is 11.3 Å². The van der Waals surface area contributed by atoms with Crippen LogP contribution in [0.5, 0.6) is 0 Å². The van der Waals surface area contributed by atoms with Gasteiger partial charge in [-0.1, -0.05) is 0 Å². The molecular formula is C21H29N5O6S2. The van der Waals surface area contributed by atoms with Gasteiger partial charge in [0.25, 0.3) is 5.91 Å². The summed E-state index contributed by atoms with van der Waals surface area (Å²) in [6.07, 6.45) is 4.82. The number of amides is 3. The molecule has 3 rings (SSSR count). The molecule has 11 nitrogen and oxygen atoms in total. The normalized spacial score (nSPS) is 16.7. The highest BCUT2D eigenvalue weighted by Gasteiger charge is 2.29. The second kappa shape index (κ2) is 10.1. The Morgan fingerprint density at radius 1 is 1.29 bits per heavy atom. The third-order valence-corrected chi connectivity index (χ3v) is 6.75. The van der Waals surface area contributed by atoms with Crippen molar-refractivity contribution < 1.29 is 27.5 Å². The SMILES string of the molecule is CC(C)(C)OC(=O)N1CCCC(c2csc(NC(=O)CNC(=O)c3ccn(S(C)(=O)=O)c3)n2)C1. The molecule has 1 unspecified atom stereocenters. The van der Waals surface area contributed by atoms with Crippen LogP contribution in [0.25, 0.3) is 0 Å². The third-order valence-electron chi connectivity index (χ3n) is 4.98. The molecule has 3 heterocycles. The lowest BCUT2D eigenvalue weighted by molar-refractivity contribution is -0.115. The first kappa shape index (κ1) is 25.7. The Labute approximate surface area is 202 Å². The third kappa shape index (κ3) is 7.03. The molecule has 186 valence electrons. The lowest BCUT2D eigenvalue weighted by atomic mass is 9.96. The van der Waals surface area contributed by atoms with Gasteiger partial charge in [0.05, 0.1) is 24.1 Å². The molecule has 0 aliphatic carbocycles. The predicted octanol–water partition coefficient (Wildman–Crippen LogP) is 2.24. The number of piperidine rings is 1. The Hall–Kier alpha value is -2.93. The van der Waals surface area contributed by atoms with Gasteiger partial charge in [0.2, 0.25) is 15.9 Å². The van der Waals surface area contributed by atoms with Crippen molar-refractivity contribution in [2.75, 3.05) is 31.2 Å². The fourth-order valence-electron chi connectivity index (χ4n) is 3.39. The van der Waals surface area contributed by atoms with Crippen molar-refractivity contribution >= 4 is 44.4 Å². The minimum absolute atomic E-state index is 0.0433. The summed E-state index contributed by atoms with van der Waals surface area (Å²) in [4.78, 5) is 43.0. The van der Waals surface area contributed by atoms with Crippen molar-refractivity contribution in [2.45, 2.75) is 45.1 Å². The predicted molar refractivity (Wildman–Crippen MR) is 128 cm³/mol. The van der Waals surface area contributed by atoms with Gasteiger partial charge in [-0.3, -0.25) is 13.6 Å². The summed E-state index contributed by atoms with van der Waals surface area (Å²) in [7, 11) is -3.49. The molecule has 1 atom stereocenters. The summed E-state index contributed by atoms with van der Waals surface area (Å²) in [6, 6.07) is 1.35. The summed E-state index contributed by atoms with van der Waals surface area (Å²) in [5.74, 6) is -0.987. The van der Waals surface area contributed by atoms with Crippen LogP contribution in [-0.4, -0.2) is 71.7 Å². The molecule has 2 N–H and O–H groups in total. The Morgan fingerprint density at radius 3 is 2.68 bits per heavy atom. The molecule has 0 aromatic carbocycles. The lowest BCUT2D eigenvalue weighted by Crippen LogP contribution is -2.42. The highest BCUT2D eigenvalue weighted by Crippen LogP contribution is 2.30. The number of ether oxygens (including phenoxy) is 1. The van der Waals surface area contributed by atoms with Crippen molar-refractivity contribution in [3.8, 4) is 0 Å². The van der Waals surface area contributed by atoms with Gasteiger partial charge in [0.1, 0.15) is 5.60 Å². The van der Waals surface area contributed by atoms with E-state index in [1.807, 2.05) is 26.2 Å². The summed E-state index contributed by atoms with van der Waals surface area (Å²) in [5, 5.41) is 7.35. The summed E-state index contributed by atoms with van der Waals surface area (Å²) < 4.78 is 29.4. The lowest BCUT2D eigenvalue weighted by Gasteiger charge is -2.33. The first-order chi connectivity index (χ1) is 15.8. The molecule has 0 bridgehead atoms. The standard InChI is InChI=1S/C21H29N5O6S2/c1-21(2,3)32-20(29)25-8-5-6-14(11-25)16-13-33-19(23-16)24-17(27)10-22-18(28)15-7-9-26(12-15)34(4,30)31/h7,9,12-14H,5-6,8,10-11H2,1-4H3,(H,22,28)(H,23,24,27). The summed E-state index contributed by atoms with van der Waals surface area (Å²) in [5.41, 5.74) is 0.358. The van der Waals surface area contributed by atoms with Crippen molar-refractivity contribution in [2.24, 2.45) is 0 Å². The zero-order valence-corrected chi connectivity index (χ0v) is 21.2. The van der Waals surface area contributed by atoms with Gasteiger partial charge in [0.15, 0.2) is 5.13 Å². The minimum Gasteiger partial charge on any atom is -0.444 e. The van der Waals surface area contributed by atoms with Crippen molar-refractivity contribution in [3.05, 3.63) is 35.1 Å². The van der Waals surface area contributed by atoms with Gasteiger partial charge in [0, 0.05) is 36.8 Å². The summed E-state index contributed by atoms with van der Waals surface area (Å²) >= 11 is 1.27. The van der Waals surface area contributed by atoms with E-state index in [1.54, 1.807) is 4.90 Å². The van der Waals surface area contributed by atoms with Gasteiger partial charge in [-0.05, 0) is 39.7 Å². The van der Waals surface area contributed by atoms with E-state index >= 15 is 0 Å². The number of nitrogens with one attached hydrogen (secondary N) is 2. The zero-order chi connectivity index (χ0) is 25.1. The number of hydrogen-bond donors (Lipinski definition) is 2. The quantitative estimate of drug-likeness (QED) is 0.606. The van der Waals surface area contributed by atoms with E-state index in [2.05, 4.69) is 15.6 Å². The fourth-order valence-corrected chi connectivity index (χ4v) is 4.78. The van der Waals surface area contributed by atoms with Gasteiger partial charge in [-0.25, -0.2) is 18.2 Å². The van der Waals surface area contributed by atoms with E-state index in [9.17, 15) is 22.8 Å². The average molecular weight is 512 g/mol. The Balaban J connectivity index is 1.51. The second-order valence-corrected chi connectivity index (χ2v) is 11.8. The highest BCUT2D eigenvalue weighted by atomic mass is 32.2. The van der Waals surface area contributed by atoms with E-state index in [4.69, 9.17) is 4.74 Å². The molecule has 3 amide bonds. The summed E-state index contributed by atoms with van der Waals surface area (Å²) in [6.45, 7) is 6.32. The number of carbonyl (C=O) groups excluding carboxylic acids is 3. The van der Waals surface area contributed by atoms with Gasteiger partial charge < -0.3 is 20.3 Å². The Kier molecular flexibility index (Phi) is 7.66. The number of hydrogen-bond acceptors (Lipinski definition) is 8. The molecule has 2 aromatic rings. The fraction of sp³-hybridized carbons (Fsp3) is 0.524. The molecule has 0 saturated carbocycles. The minimum atomic E-state index is -3.49. The van der Waals surface area contributed by atoms with Gasteiger partial charge in [-0.2, -0.15) is 0 Å². The first-order valence-corrected chi connectivity index (χ1v) is 13.4. The van der Waals surface area contributed by atoms with Gasteiger partial charge in [-0.15, -0.1) is 11.3 Å². The van der Waals surface area contributed by atoms with E-state index in [0.717, 1.165) is 28.8 Å². The molecular weight excluding hydrogens is 482 g/mol. The van der Waals surface area contributed by atoms with Crippen LogP contribution in [0.3, 0.4) is 0 Å². The van der Waals surface area contributed by atoms with Crippen LogP contribution in [0.2, 0.25) is 0 Å². The molecule has 13 heteroatoms. The van der Waals surface area contributed by atoms with Crippen LogP contribution in [0.4, 0.5) is 9.93 Å². The number of carbonyl (C=O) groups is 3. The van der Waals surface area contributed by atoms with Crippen LogP contribution in [0, 0.1) is 0 Å². The smallest absolute Gasteiger partial charge is 0.410 e. The number of aromatic nitrogens is 2. The molecule has 2 aromatic heterocycles. The van der Waals surface area contributed by atoms with E-state index in [1.165, 1.54) is 29.8 Å². The number of nitrogens with zero attached hydrogens (tertiary/aromatic N) is 3. The van der Waals surface area contributed by atoms with Crippen LogP contribution < -0.4 is 10.6 Å². The van der Waals surface area contributed by atoms with E-state index in [0.29, 0.717) is 18.2 Å². The maximum atomic E-state index is 12.4. The number of likely N-dealkylation sites (tertiary alicyclic amines) is 1. The topological polar surface area (TPSA) is 140 Å². The van der Waals surface area contributed by atoms with Crippen LogP contribution in [-0.2, 0) is 19.6 Å². The largest absolute Gasteiger partial charge is 0.444 e. The number of anilines is 1. The Bertz CT molecular complexity index is 1160. The number of rotatable bonds is 6. The maximum Gasteiger partial charge on any atom is 0.410 e. The van der Waals surface area contributed by atoms with E-state index in [-0.39, 0.29) is 24.1 Å². The van der Waals surface area contributed by atoms with Crippen LogP contribution in [0.15, 0.2) is 23.8 Å². The molecule has 1 aliphatic heterocycles. The molecule has 1 saturated heterocycles. The Morgan fingerprint density at radius 2 is 2.03 bits per heavy atom. The molecule has 0 spiro atoms. The van der Waals surface area contributed by atoms with Crippen molar-refractivity contribution in [3.63, 3.8) is 0 Å². The van der Waals surface area contributed by atoms with E-state index < -0.39 is 27.4 Å². The maximum absolute atomic E-state index is 12.4. The molecule has 34 heavy (non-hydrogen) atoms. The van der Waals surface area contributed by atoms with Crippen molar-refractivity contribution in [1.82, 2.24) is 19.2 Å². The molecule has 1 fully saturated rings. The highest BCUT2D eigenvalue weighted by molar-refractivity contribution is 7.89. The van der Waals surface area contributed by atoms with Crippen molar-refractivity contribution in [1.29, 1.82) is 0 Å². The van der Waals surface area contributed by atoms with Crippen LogP contribution in [0.1, 0.15) is 55.6 Å². The molecule has 0 radical (unpaired) electrons. The monoisotopic (exact) mass is 511 g/mol. The number of thiazole rings is 1. The second-order valence-electron chi connectivity index (χ2n) is 9.07. The first-order valence-electron chi connectivity index (χ1n) is 10.7. The zero-order valence-electron chi connectivity index (χ0n) is 19.5. The average Bonchev–Trinajstić information content (AvgIpc) is 3.41.